The molecule has 1 atom stereocenters. The second-order valence-corrected chi connectivity index (χ2v) is 3.83. The molecule has 0 aliphatic rings. The monoisotopic (exact) mass is 213 g/mol. The molecule has 0 heterocycles. The minimum absolute atomic E-state index is 0.262. The summed E-state index contributed by atoms with van der Waals surface area (Å²) < 4.78 is 5.16. The molecule has 78 valence electrons. The van der Waals surface area contributed by atoms with Crippen LogP contribution in [0, 0.1) is 6.92 Å². The van der Waals surface area contributed by atoms with Crippen molar-refractivity contribution >= 4 is 11.6 Å². The van der Waals surface area contributed by atoms with E-state index in [0.717, 1.165) is 11.1 Å². The van der Waals surface area contributed by atoms with E-state index in [-0.39, 0.29) is 5.92 Å². The highest BCUT2D eigenvalue weighted by molar-refractivity contribution is 6.33. The molecule has 0 bridgehead atoms. The first kappa shape index (κ1) is 11.3. The third-order valence-electron chi connectivity index (χ3n) is 2.43. The number of hydrogen-bond donors (Lipinski definition) is 1. The Morgan fingerprint density at radius 3 is 2.64 bits per heavy atom. The van der Waals surface area contributed by atoms with E-state index in [1.165, 1.54) is 0 Å². The van der Waals surface area contributed by atoms with Crippen LogP contribution < -0.4 is 10.5 Å². The van der Waals surface area contributed by atoms with Crippen LogP contribution in [-0.4, -0.2) is 13.7 Å². The first-order chi connectivity index (χ1) is 6.61. The number of aryl methyl sites for hydroxylation is 1. The highest BCUT2D eigenvalue weighted by Crippen LogP contribution is 2.34. The molecule has 0 amide bonds. The van der Waals surface area contributed by atoms with Crippen molar-refractivity contribution in [1.82, 2.24) is 0 Å². The maximum absolute atomic E-state index is 6.21. The zero-order valence-corrected chi connectivity index (χ0v) is 9.56. The summed E-state index contributed by atoms with van der Waals surface area (Å²) in [7, 11) is 1.62. The van der Waals surface area contributed by atoms with Gasteiger partial charge in [-0.25, -0.2) is 0 Å². The van der Waals surface area contributed by atoms with Gasteiger partial charge in [0.25, 0.3) is 0 Å². The van der Waals surface area contributed by atoms with Crippen molar-refractivity contribution in [3.63, 3.8) is 0 Å². The summed E-state index contributed by atoms with van der Waals surface area (Å²) in [4.78, 5) is 0. The van der Waals surface area contributed by atoms with Gasteiger partial charge in [-0.15, -0.1) is 0 Å². The normalized spacial score (nSPS) is 12.6. The van der Waals surface area contributed by atoms with Crippen molar-refractivity contribution in [3.8, 4) is 5.75 Å². The maximum Gasteiger partial charge on any atom is 0.137 e. The van der Waals surface area contributed by atoms with E-state index in [4.69, 9.17) is 22.1 Å². The lowest BCUT2D eigenvalue weighted by molar-refractivity contribution is 0.414. The van der Waals surface area contributed by atoms with Crippen LogP contribution in [0.3, 0.4) is 0 Å². The van der Waals surface area contributed by atoms with Gasteiger partial charge < -0.3 is 10.5 Å². The van der Waals surface area contributed by atoms with E-state index in [1.807, 2.05) is 19.1 Å². The summed E-state index contributed by atoms with van der Waals surface area (Å²) >= 11 is 6.21. The molecule has 0 aliphatic heterocycles. The van der Waals surface area contributed by atoms with Gasteiger partial charge in [0, 0.05) is 0 Å². The average Bonchev–Trinajstić information content (AvgIpc) is 2.18. The van der Waals surface area contributed by atoms with Gasteiger partial charge in [-0.3, -0.25) is 0 Å². The van der Waals surface area contributed by atoms with Crippen LogP contribution in [0.2, 0.25) is 5.02 Å². The van der Waals surface area contributed by atoms with Crippen molar-refractivity contribution in [2.45, 2.75) is 19.8 Å². The largest absolute Gasteiger partial charge is 0.495 e. The van der Waals surface area contributed by atoms with Crippen LogP contribution in [0.4, 0.5) is 0 Å². The Kier molecular flexibility index (Phi) is 3.78. The van der Waals surface area contributed by atoms with Crippen LogP contribution in [0.1, 0.15) is 24.0 Å². The van der Waals surface area contributed by atoms with Crippen molar-refractivity contribution in [3.05, 3.63) is 28.3 Å². The van der Waals surface area contributed by atoms with Gasteiger partial charge in [0.1, 0.15) is 5.75 Å². The number of rotatable bonds is 3. The van der Waals surface area contributed by atoms with Crippen molar-refractivity contribution in [1.29, 1.82) is 0 Å². The number of benzene rings is 1. The van der Waals surface area contributed by atoms with Crippen molar-refractivity contribution < 1.29 is 4.74 Å². The number of nitrogens with two attached hydrogens (primary N) is 1. The fourth-order valence-corrected chi connectivity index (χ4v) is 2.03. The second kappa shape index (κ2) is 4.67. The van der Waals surface area contributed by atoms with Gasteiger partial charge in [-0.2, -0.15) is 0 Å². The molecule has 0 radical (unpaired) electrons. The minimum atomic E-state index is 0.262. The Morgan fingerprint density at radius 2 is 2.14 bits per heavy atom. The average molecular weight is 214 g/mol. The predicted molar refractivity (Wildman–Crippen MR) is 60.2 cm³/mol. The van der Waals surface area contributed by atoms with Gasteiger partial charge >= 0.3 is 0 Å². The molecule has 0 aliphatic carbocycles. The van der Waals surface area contributed by atoms with E-state index >= 15 is 0 Å². The molecule has 0 spiro atoms. The number of ether oxygens (including phenoxy) is 1. The topological polar surface area (TPSA) is 35.2 Å². The Hall–Kier alpha value is -0.730. The third kappa shape index (κ3) is 2.02. The van der Waals surface area contributed by atoms with E-state index in [0.29, 0.717) is 17.3 Å². The highest BCUT2D eigenvalue weighted by Gasteiger charge is 2.14. The fourth-order valence-electron chi connectivity index (χ4n) is 1.55. The first-order valence-electron chi connectivity index (χ1n) is 4.64. The van der Waals surface area contributed by atoms with Gasteiger partial charge in [0.05, 0.1) is 12.1 Å². The number of methoxy groups -OCH3 is 1. The van der Waals surface area contributed by atoms with Gasteiger partial charge in [0.15, 0.2) is 0 Å². The molecule has 0 saturated carbocycles. The SMILES string of the molecule is COc1ccc(C)c(C(C)CN)c1Cl. The molecule has 1 unspecified atom stereocenters. The summed E-state index contributed by atoms with van der Waals surface area (Å²) in [5, 5.41) is 0.686. The van der Waals surface area contributed by atoms with Crippen LogP contribution >= 0.6 is 11.6 Å². The summed E-state index contributed by atoms with van der Waals surface area (Å²) in [6.07, 6.45) is 0. The van der Waals surface area contributed by atoms with Gasteiger partial charge in [-0.1, -0.05) is 24.6 Å². The molecule has 1 aromatic carbocycles. The van der Waals surface area contributed by atoms with Crippen LogP contribution in [0.25, 0.3) is 0 Å². The molecule has 3 heteroatoms. The fraction of sp³-hybridized carbons (Fsp3) is 0.455. The van der Waals surface area contributed by atoms with Gasteiger partial charge in [-0.05, 0) is 36.6 Å². The number of halogens is 1. The zero-order chi connectivity index (χ0) is 10.7. The van der Waals surface area contributed by atoms with Crippen molar-refractivity contribution in [2.24, 2.45) is 5.73 Å². The lowest BCUT2D eigenvalue weighted by atomic mass is 9.96. The number of hydrogen-bond acceptors (Lipinski definition) is 2. The third-order valence-corrected chi connectivity index (χ3v) is 2.82. The van der Waals surface area contributed by atoms with E-state index < -0.39 is 0 Å². The van der Waals surface area contributed by atoms with E-state index in [2.05, 4.69) is 6.92 Å². The quantitative estimate of drug-likeness (QED) is 0.838. The highest BCUT2D eigenvalue weighted by atomic mass is 35.5. The molecule has 0 saturated heterocycles. The molecule has 0 fully saturated rings. The molecule has 2 N–H and O–H groups in total. The van der Waals surface area contributed by atoms with Crippen LogP contribution in [-0.2, 0) is 0 Å². The zero-order valence-electron chi connectivity index (χ0n) is 8.80. The second-order valence-electron chi connectivity index (χ2n) is 3.45. The molecule has 1 aromatic rings. The molecular formula is C11H16ClNO. The van der Waals surface area contributed by atoms with Crippen molar-refractivity contribution in [2.75, 3.05) is 13.7 Å². The molecular weight excluding hydrogens is 198 g/mol. The molecule has 2 nitrogen and oxygen atoms in total. The summed E-state index contributed by atoms with van der Waals surface area (Å²) in [6, 6.07) is 3.89. The molecule has 1 rings (SSSR count). The van der Waals surface area contributed by atoms with Crippen LogP contribution in [0.15, 0.2) is 12.1 Å². The maximum atomic E-state index is 6.21. The smallest absolute Gasteiger partial charge is 0.137 e. The summed E-state index contributed by atoms with van der Waals surface area (Å²) in [5.41, 5.74) is 7.89. The first-order valence-corrected chi connectivity index (χ1v) is 5.02. The van der Waals surface area contributed by atoms with Crippen LogP contribution in [0.5, 0.6) is 5.75 Å². The Balaban J connectivity index is 3.25. The minimum Gasteiger partial charge on any atom is -0.495 e. The Labute approximate surface area is 90.0 Å². The van der Waals surface area contributed by atoms with E-state index in [1.54, 1.807) is 7.11 Å². The molecule has 0 aromatic heterocycles. The Morgan fingerprint density at radius 1 is 1.50 bits per heavy atom. The predicted octanol–water partition coefficient (Wildman–Crippen LogP) is 2.72. The Bertz CT molecular complexity index is 325. The van der Waals surface area contributed by atoms with E-state index in [9.17, 15) is 0 Å². The summed E-state index contributed by atoms with van der Waals surface area (Å²) in [6.45, 7) is 4.69. The lowest BCUT2D eigenvalue weighted by Gasteiger charge is -2.16. The summed E-state index contributed by atoms with van der Waals surface area (Å²) in [5.74, 6) is 0.977. The van der Waals surface area contributed by atoms with Gasteiger partial charge in [0.2, 0.25) is 0 Å². The standard InChI is InChI=1S/C11H16ClNO/c1-7-4-5-9(14-3)11(12)10(7)8(2)6-13/h4-5,8H,6,13H2,1-3H3. The lowest BCUT2D eigenvalue weighted by Crippen LogP contribution is -2.11. The molecule has 14 heavy (non-hydrogen) atoms.